The van der Waals surface area contributed by atoms with Gasteiger partial charge in [-0.15, -0.1) is 0 Å². The first-order chi connectivity index (χ1) is 10.0. The molecule has 0 radical (unpaired) electrons. The average molecular weight is 292 g/mol. The first-order valence-corrected chi connectivity index (χ1v) is 6.22. The summed E-state index contributed by atoms with van der Waals surface area (Å²) in [4.78, 5) is 22.7. The fourth-order valence-corrected chi connectivity index (χ4v) is 1.84. The second kappa shape index (κ2) is 6.17. The van der Waals surface area contributed by atoms with Crippen molar-refractivity contribution in [2.75, 3.05) is 14.2 Å². The highest BCUT2D eigenvalue weighted by molar-refractivity contribution is 5.72. The van der Waals surface area contributed by atoms with Crippen LogP contribution >= 0.6 is 0 Å². The highest BCUT2D eigenvalue weighted by Crippen LogP contribution is 2.31. The Hall–Kier alpha value is -2.70. The van der Waals surface area contributed by atoms with Gasteiger partial charge in [-0.3, -0.25) is 4.79 Å². The Morgan fingerprint density at radius 3 is 2.62 bits per heavy atom. The minimum Gasteiger partial charge on any atom is -0.493 e. The van der Waals surface area contributed by atoms with Crippen molar-refractivity contribution in [3.05, 3.63) is 34.8 Å². The number of nitrogens with one attached hydrogen (secondary N) is 1. The third-order valence-corrected chi connectivity index (χ3v) is 2.87. The van der Waals surface area contributed by atoms with Gasteiger partial charge in [-0.1, -0.05) is 6.07 Å². The Kier molecular flexibility index (Phi) is 4.32. The summed E-state index contributed by atoms with van der Waals surface area (Å²) >= 11 is 0. The van der Waals surface area contributed by atoms with Crippen LogP contribution < -0.4 is 20.4 Å². The summed E-state index contributed by atoms with van der Waals surface area (Å²) < 4.78 is 16.6. The van der Waals surface area contributed by atoms with Crippen molar-refractivity contribution in [1.82, 2.24) is 10.1 Å². The largest absolute Gasteiger partial charge is 0.493 e. The maximum Gasteiger partial charge on any atom is 0.365 e. The van der Waals surface area contributed by atoms with Crippen LogP contribution in [0.1, 0.15) is 6.92 Å². The van der Waals surface area contributed by atoms with Crippen LogP contribution in [0, 0.1) is 0 Å². The number of nitrogens with zero attached hydrogens (tertiary/aromatic N) is 1. The van der Waals surface area contributed by atoms with Gasteiger partial charge in [0.2, 0.25) is 5.91 Å². The second-order valence-electron chi connectivity index (χ2n) is 4.30. The number of benzene rings is 1. The van der Waals surface area contributed by atoms with E-state index in [2.05, 4.69) is 5.32 Å². The second-order valence-corrected chi connectivity index (χ2v) is 4.30. The van der Waals surface area contributed by atoms with Crippen LogP contribution in [0.25, 0.3) is 11.1 Å². The predicted molar refractivity (Wildman–Crippen MR) is 75.3 cm³/mol. The monoisotopic (exact) mass is 292 g/mol. The molecule has 0 fully saturated rings. The summed E-state index contributed by atoms with van der Waals surface area (Å²) in [6, 6.07) is 5.13. The topological polar surface area (TPSA) is 82.7 Å². The van der Waals surface area contributed by atoms with E-state index in [9.17, 15) is 9.59 Å². The van der Waals surface area contributed by atoms with Crippen LogP contribution in [-0.4, -0.2) is 24.9 Å². The van der Waals surface area contributed by atoms with Crippen molar-refractivity contribution in [2.24, 2.45) is 0 Å². The molecule has 7 nitrogen and oxygen atoms in total. The van der Waals surface area contributed by atoms with E-state index >= 15 is 0 Å². The Balaban J connectivity index is 2.33. The lowest BCUT2D eigenvalue weighted by molar-refractivity contribution is -0.119. The van der Waals surface area contributed by atoms with Gasteiger partial charge in [0.05, 0.1) is 26.0 Å². The lowest BCUT2D eigenvalue weighted by atomic mass is 10.1. The van der Waals surface area contributed by atoms with E-state index in [1.165, 1.54) is 32.1 Å². The van der Waals surface area contributed by atoms with Crippen LogP contribution in [0.3, 0.4) is 0 Å². The Labute approximate surface area is 121 Å². The summed E-state index contributed by atoms with van der Waals surface area (Å²) in [6.07, 6.45) is 1.53. The van der Waals surface area contributed by atoms with Gasteiger partial charge in [-0.2, -0.15) is 4.74 Å². The molecule has 1 heterocycles. The molecule has 1 amide bonds. The van der Waals surface area contributed by atoms with E-state index in [1.807, 2.05) is 0 Å². The molecule has 0 spiro atoms. The van der Waals surface area contributed by atoms with Gasteiger partial charge < -0.3 is 19.3 Å². The Morgan fingerprint density at radius 2 is 2.00 bits per heavy atom. The van der Waals surface area contributed by atoms with Crippen molar-refractivity contribution in [2.45, 2.75) is 13.6 Å². The molecule has 1 aromatic carbocycles. The standard InChI is InChI=1S/C14H16N2O5/c1-9(17)15-8-16-7-11(14(18)21-16)10-4-5-12(19-2)13(6-10)20-3/h4-7H,8H2,1-3H3,(H,15,17). The minimum absolute atomic E-state index is 0.0951. The summed E-state index contributed by atoms with van der Waals surface area (Å²) in [7, 11) is 3.06. The Morgan fingerprint density at radius 1 is 1.29 bits per heavy atom. The number of ether oxygens (including phenoxy) is 2. The van der Waals surface area contributed by atoms with Crippen molar-refractivity contribution in [3.63, 3.8) is 0 Å². The van der Waals surface area contributed by atoms with E-state index < -0.39 is 5.63 Å². The first-order valence-electron chi connectivity index (χ1n) is 6.22. The lowest BCUT2D eigenvalue weighted by Crippen LogP contribution is -2.22. The van der Waals surface area contributed by atoms with Gasteiger partial charge in [0.1, 0.15) is 6.67 Å². The van der Waals surface area contributed by atoms with Gasteiger partial charge in [0, 0.05) is 6.92 Å². The van der Waals surface area contributed by atoms with Gasteiger partial charge in [-0.25, -0.2) is 4.79 Å². The zero-order valence-corrected chi connectivity index (χ0v) is 12.0. The summed E-state index contributed by atoms with van der Waals surface area (Å²) in [5, 5.41) is 2.54. The predicted octanol–water partition coefficient (Wildman–Crippen LogP) is 1.22. The summed E-state index contributed by atoms with van der Waals surface area (Å²) in [6.45, 7) is 1.48. The van der Waals surface area contributed by atoms with Crippen LogP contribution in [0.5, 0.6) is 11.5 Å². The number of hydrogen-bond acceptors (Lipinski definition) is 5. The van der Waals surface area contributed by atoms with Crippen molar-refractivity contribution >= 4 is 5.91 Å². The number of methoxy groups -OCH3 is 2. The molecule has 2 aromatic rings. The average Bonchev–Trinajstić information content (AvgIpc) is 2.85. The molecule has 112 valence electrons. The number of aromatic nitrogens is 1. The maximum absolute atomic E-state index is 11.9. The summed E-state index contributed by atoms with van der Waals surface area (Å²) in [5.74, 6) is 0.881. The van der Waals surface area contributed by atoms with Crippen LogP contribution in [0.4, 0.5) is 0 Å². The fraction of sp³-hybridized carbons (Fsp3) is 0.286. The van der Waals surface area contributed by atoms with Gasteiger partial charge in [-0.05, 0) is 17.7 Å². The molecule has 0 aliphatic rings. The molecule has 0 saturated carbocycles. The molecule has 2 rings (SSSR count). The quantitative estimate of drug-likeness (QED) is 0.896. The summed E-state index contributed by atoms with van der Waals surface area (Å²) in [5.41, 5.74) is 0.525. The van der Waals surface area contributed by atoms with Crippen molar-refractivity contribution < 1.29 is 18.8 Å². The lowest BCUT2D eigenvalue weighted by Gasteiger charge is -2.08. The number of carbonyl (C=O) groups excluding carboxylic acids is 1. The van der Waals surface area contributed by atoms with Crippen LogP contribution in [0.15, 0.2) is 33.7 Å². The molecule has 7 heteroatoms. The molecule has 0 aliphatic heterocycles. The number of carbonyl (C=O) groups is 1. The third kappa shape index (κ3) is 3.25. The van der Waals surface area contributed by atoms with Crippen LogP contribution in [-0.2, 0) is 11.5 Å². The number of rotatable bonds is 5. The molecular weight excluding hydrogens is 276 g/mol. The minimum atomic E-state index is -0.493. The maximum atomic E-state index is 11.9. The van der Waals surface area contributed by atoms with Gasteiger partial charge >= 0.3 is 5.63 Å². The van der Waals surface area contributed by atoms with E-state index in [-0.39, 0.29) is 12.6 Å². The van der Waals surface area contributed by atoms with E-state index in [0.29, 0.717) is 22.6 Å². The van der Waals surface area contributed by atoms with Gasteiger partial charge in [0.15, 0.2) is 11.5 Å². The van der Waals surface area contributed by atoms with E-state index in [1.54, 1.807) is 18.2 Å². The molecule has 21 heavy (non-hydrogen) atoms. The zero-order valence-electron chi connectivity index (χ0n) is 12.0. The fourth-order valence-electron chi connectivity index (χ4n) is 1.84. The molecule has 0 bridgehead atoms. The zero-order chi connectivity index (χ0) is 15.4. The number of hydrogen-bond donors (Lipinski definition) is 1. The Bertz CT molecular complexity index is 702. The molecule has 0 saturated heterocycles. The van der Waals surface area contributed by atoms with Crippen molar-refractivity contribution in [1.29, 1.82) is 0 Å². The molecule has 0 aliphatic carbocycles. The normalized spacial score (nSPS) is 10.2. The van der Waals surface area contributed by atoms with E-state index in [4.69, 9.17) is 14.0 Å². The highest BCUT2D eigenvalue weighted by Gasteiger charge is 2.12. The van der Waals surface area contributed by atoms with E-state index in [0.717, 1.165) is 0 Å². The molecule has 1 N–H and O–H groups in total. The van der Waals surface area contributed by atoms with Crippen LogP contribution in [0.2, 0.25) is 0 Å². The number of amides is 1. The SMILES string of the molecule is COc1ccc(-c2cn(CNC(C)=O)oc2=O)cc1OC. The van der Waals surface area contributed by atoms with Gasteiger partial charge in [0.25, 0.3) is 0 Å². The molecular formula is C14H16N2O5. The molecule has 0 atom stereocenters. The molecule has 1 aromatic heterocycles. The molecule has 0 unspecified atom stereocenters. The first kappa shape index (κ1) is 14.7. The highest BCUT2D eigenvalue weighted by atomic mass is 16.5. The third-order valence-electron chi connectivity index (χ3n) is 2.87. The van der Waals surface area contributed by atoms with Crippen molar-refractivity contribution in [3.8, 4) is 22.6 Å². The smallest absolute Gasteiger partial charge is 0.365 e.